The molecule has 0 aliphatic carbocycles. The zero-order valence-electron chi connectivity index (χ0n) is 5.32. The predicted octanol–water partition coefficient (Wildman–Crippen LogP) is 4.21. The molecular formula is C7H4Br2ClF. The standard InChI is InChI=1S/C7H4Br2ClF/c8-7(9,11)5-3-1-2-4-6(5)10/h1-4H. The molecule has 0 aliphatic rings. The van der Waals surface area contributed by atoms with Crippen molar-refractivity contribution in [3.8, 4) is 0 Å². The van der Waals surface area contributed by atoms with Gasteiger partial charge < -0.3 is 0 Å². The van der Waals surface area contributed by atoms with Gasteiger partial charge in [0.1, 0.15) is 0 Å². The maximum atomic E-state index is 13.1. The molecule has 60 valence electrons. The number of halogens is 4. The summed E-state index contributed by atoms with van der Waals surface area (Å²) in [4.78, 5) is 0. The molecule has 1 aromatic carbocycles. The van der Waals surface area contributed by atoms with E-state index in [4.69, 9.17) is 11.6 Å². The molecule has 0 fully saturated rings. The van der Waals surface area contributed by atoms with E-state index in [9.17, 15) is 4.39 Å². The molecule has 0 N–H and O–H groups in total. The van der Waals surface area contributed by atoms with Crippen LogP contribution in [0.1, 0.15) is 5.56 Å². The summed E-state index contributed by atoms with van der Waals surface area (Å²) >= 11 is 11.3. The minimum absolute atomic E-state index is 0.377. The minimum Gasteiger partial charge on any atom is -0.213 e. The molecule has 0 heterocycles. The van der Waals surface area contributed by atoms with Gasteiger partial charge in [-0.05, 0) is 37.9 Å². The normalized spacial score (nSPS) is 11.6. The highest BCUT2D eigenvalue weighted by Crippen LogP contribution is 2.42. The second-order valence-corrected chi connectivity index (χ2v) is 5.63. The topological polar surface area (TPSA) is 0 Å². The lowest BCUT2D eigenvalue weighted by molar-refractivity contribution is 0.445. The van der Waals surface area contributed by atoms with Crippen molar-refractivity contribution in [2.45, 2.75) is 3.49 Å². The van der Waals surface area contributed by atoms with Crippen molar-refractivity contribution in [2.75, 3.05) is 0 Å². The fraction of sp³-hybridized carbons (Fsp3) is 0.143. The third kappa shape index (κ3) is 2.42. The summed E-state index contributed by atoms with van der Waals surface area (Å²) in [5.41, 5.74) is 0.377. The zero-order chi connectivity index (χ0) is 8.48. The van der Waals surface area contributed by atoms with Gasteiger partial charge >= 0.3 is 0 Å². The van der Waals surface area contributed by atoms with Crippen LogP contribution in [0.4, 0.5) is 4.39 Å². The largest absolute Gasteiger partial charge is 0.245 e. The fourth-order valence-corrected chi connectivity index (χ4v) is 1.88. The van der Waals surface area contributed by atoms with Gasteiger partial charge in [-0.3, -0.25) is 0 Å². The van der Waals surface area contributed by atoms with Gasteiger partial charge in [-0.2, -0.15) is 0 Å². The molecule has 0 spiro atoms. The number of hydrogen-bond donors (Lipinski definition) is 0. The van der Waals surface area contributed by atoms with Gasteiger partial charge in [-0.15, -0.1) is 0 Å². The number of benzene rings is 1. The van der Waals surface area contributed by atoms with Crippen molar-refractivity contribution >= 4 is 43.5 Å². The fourth-order valence-electron chi connectivity index (χ4n) is 0.691. The summed E-state index contributed by atoms with van der Waals surface area (Å²) in [7, 11) is 0. The van der Waals surface area contributed by atoms with Gasteiger partial charge in [0.05, 0.1) is 0 Å². The van der Waals surface area contributed by atoms with E-state index in [0.29, 0.717) is 10.6 Å². The van der Waals surface area contributed by atoms with Crippen LogP contribution in [0.25, 0.3) is 0 Å². The molecule has 4 heteroatoms. The Balaban J connectivity index is 3.14. The molecule has 0 saturated carbocycles. The Hall–Kier alpha value is 0.400. The molecule has 0 aromatic heterocycles. The maximum Gasteiger partial charge on any atom is 0.245 e. The zero-order valence-corrected chi connectivity index (χ0v) is 9.25. The molecule has 1 rings (SSSR count). The third-order valence-electron chi connectivity index (χ3n) is 1.18. The van der Waals surface area contributed by atoms with Crippen LogP contribution in [0.2, 0.25) is 5.02 Å². The summed E-state index contributed by atoms with van der Waals surface area (Å²) in [5, 5.41) is 0.392. The van der Waals surface area contributed by atoms with E-state index in [-0.39, 0.29) is 0 Å². The lowest BCUT2D eigenvalue weighted by Crippen LogP contribution is -1.99. The van der Waals surface area contributed by atoms with E-state index in [1.807, 2.05) is 0 Å². The Bertz CT molecular complexity index is 257. The van der Waals surface area contributed by atoms with Crippen LogP contribution in [0.3, 0.4) is 0 Å². The number of alkyl halides is 3. The highest BCUT2D eigenvalue weighted by atomic mass is 79.9. The van der Waals surface area contributed by atoms with Crippen molar-refractivity contribution in [1.29, 1.82) is 0 Å². The quantitative estimate of drug-likeness (QED) is 0.682. The van der Waals surface area contributed by atoms with E-state index >= 15 is 0 Å². The average molecular weight is 302 g/mol. The highest BCUT2D eigenvalue weighted by molar-refractivity contribution is 9.24. The van der Waals surface area contributed by atoms with Gasteiger partial charge in [0.25, 0.3) is 0 Å². The summed E-state index contributed by atoms with van der Waals surface area (Å²) < 4.78 is 11.4. The first kappa shape index (κ1) is 9.49. The van der Waals surface area contributed by atoms with Gasteiger partial charge in [-0.1, -0.05) is 29.8 Å². The van der Waals surface area contributed by atoms with Gasteiger partial charge in [0.15, 0.2) is 0 Å². The van der Waals surface area contributed by atoms with Crippen molar-refractivity contribution in [2.24, 2.45) is 0 Å². The van der Waals surface area contributed by atoms with E-state index in [1.165, 1.54) is 0 Å². The Labute approximate surface area is 86.0 Å². The van der Waals surface area contributed by atoms with Crippen molar-refractivity contribution in [1.82, 2.24) is 0 Å². The van der Waals surface area contributed by atoms with Gasteiger partial charge in [-0.25, -0.2) is 4.39 Å². The Morgan fingerprint density at radius 3 is 2.18 bits per heavy atom. The lowest BCUT2D eigenvalue weighted by atomic mass is 10.2. The summed E-state index contributed by atoms with van der Waals surface area (Å²) in [6.45, 7) is 0. The molecule has 0 aliphatic heterocycles. The summed E-state index contributed by atoms with van der Waals surface area (Å²) in [6, 6.07) is 6.70. The van der Waals surface area contributed by atoms with E-state index in [2.05, 4.69) is 31.9 Å². The number of rotatable bonds is 1. The minimum atomic E-state index is -1.72. The predicted molar refractivity (Wildman–Crippen MR) is 52.1 cm³/mol. The van der Waals surface area contributed by atoms with Crippen molar-refractivity contribution < 1.29 is 4.39 Å². The third-order valence-corrected chi connectivity index (χ3v) is 2.36. The molecule has 0 bridgehead atoms. The van der Waals surface area contributed by atoms with E-state index in [0.717, 1.165) is 0 Å². The van der Waals surface area contributed by atoms with Crippen molar-refractivity contribution in [3.63, 3.8) is 0 Å². The molecule has 0 atom stereocenters. The van der Waals surface area contributed by atoms with Crippen LogP contribution in [0, 0.1) is 0 Å². The monoisotopic (exact) mass is 300 g/mol. The van der Waals surface area contributed by atoms with Crippen LogP contribution in [0.5, 0.6) is 0 Å². The molecule has 0 amide bonds. The Morgan fingerprint density at radius 2 is 1.82 bits per heavy atom. The second kappa shape index (κ2) is 3.42. The Morgan fingerprint density at radius 1 is 1.27 bits per heavy atom. The smallest absolute Gasteiger partial charge is 0.213 e. The second-order valence-electron chi connectivity index (χ2n) is 1.98. The van der Waals surface area contributed by atoms with E-state index in [1.54, 1.807) is 24.3 Å². The van der Waals surface area contributed by atoms with Gasteiger partial charge in [0.2, 0.25) is 3.49 Å². The summed E-state index contributed by atoms with van der Waals surface area (Å²) in [5.74, 6) is 0. The first-order chi connectivity index (χ1) is 5.02. The number of hydrogen-bond acceptors (Lipinski definition) is 0. The molecule has 0 unspecified atom stereocenters. The molecule has 0 saturated heterocycles. The summed E-state index contributed by atoms with van der Waals surface area (Å²) in [6.07, 6.45) is 0. The maximum absolute atomic E-state index is 13.1. The van der Waals surface area contributed by atoms with E-state index < -0.39 is 3.49 Å². The molecule has 0 radical (unpaired) electrons. The first-order valence-electron chi connectivity index (χ1n) is 2.83. The van der Waals surface area contributed by atoms with Crippen LogP contribution >= 0.6 is 43.5 Å². The van der Waals surface area contributed by atoms with Crippen LogP contribution < -0.4 is 0 Å². The molecule has 11 heavy (non-hydrogen) atoms. The lowest BCUT2D eigenvalue weighted by Gasteiger charge is -2.11. The first-order valence-corrected chi connectivity index (χ1v) is 4.80. The average Bonchev–Trinajstić information content (AvgIpc) is 1.86. The van der Waals surface area contributed by atoms with Crippen LogP contribution in [-0.2, 0) is 3.49 Å². The molecule has 0 nitrogen and oxygen atoms in total. The molecule has 1 aromatic rings. The SMILES string of the molecule is FC(Br)(Br)c1ccccc1Cl. The highest BCUT2D eigenvalue weighted by Gasteiger charge is 2.25. The molecular weight excluding hydrogens is 298 g/mol. The van der Waals surface area contributed by atoms with Crippen LogP contribution in [-0.4, -0.2) is 0 Å². The van der Waals surface area contributed by atoms with Crippen molar-refractivity contribution in [3.05, 3.63) is 34.9 Å². The Kier molecular flexibility index (Phi) is 2.95. The van der Waals surface area contributed by atoms with Crippen LogP contribution in [0.15, 0.2) is 24.3 Å². The van der Waals surface area contributed by atoms with Gasteiger partial charge in [0, 0.05) is 10.6 Å².